The molecule has 84 valence electrons. The molecule has 0 amide bonds. The Morgan fingerprint density at radius 1 is 0.882 bits per heavy atom. The summed E-state index contributed by atoms with van der Waals surface area (Å²) in [5, 5.41) is 0.664. The van der Waals surface area contributed by atoms with Gasteiger partial charge in [0.15, 0.2) is 0 Å². The van der Waals surface area contributed by atoms with Gasteiger partial charge in [-0.05, 0) is 23.8 Å². The molecular formula is C15H12ClN. The van der Waals surface area contributed by atoms with Crippen LogP contribution in [0.4, 0.5) is 5.69 Å². The first kappa shape index (κ1) is 11.6. The molecule has 0 spiro atoms. The van der Waals surface area contributed by atoms with Crippen LogP contribution in [0.1, 0.15) is 5.56 Å². The molecule has 0 bridgehead atoms. The van der Waals surface area contributed by atoms with Crippen molar-refractivity contribution in [3.05, 3.63) is 71.3 Å². The number of hydrogen-bond acceptors (Lipinski definition) is 1. The van der Waals surface area contributed by atoms with Gasteiger partial charge in [0.05, 0.1) is 10.7 Å². The van der Waals surface area contributed by atoms with E-state index < -0.39 is 0 Å². The second-order valence-electron chi connectivity index (χ2n) is 3.50. The van der Waals surface area contributed by atoms with Crippen LogP contribution in [0.25, 0.3) is 6.08 Å². The summed E-state index contributed by atoms with van der Waals surface area (Å²) < 4.78 is 0. The normalized spacial score (nSPS) is 11.4. The lowest BCUT2D eigenvalue weighted by Gasteiger charge is -1.94. The Hall–Kier alpha value is -1.86. The molecule has 2 aromatic carbocycles. The van der Waals surface area contributed by atoms with Crippen LogP contribution in [-0.2, 0) is 0 Å². The summed E-state index contributed by atoms with van der Waals surface area (Å²) in [6, 6.07) is 17.6. The van der Waals surface area contributed by atoms with E-state index in [1.807, 2.05) is 66.7 Å². The van der Waals surface area contributed by atoms with Crippen molar-refractivity contribution in [3.8, 4) is 0 Å². The fourth-order valence-corrected chi connectivity index (χ4v) is 1.58. The number of benzene rings is 2. The molecule has 0 radical (unpaired) electrons. The second-order valence-corrected chi connectivity index (χ2v) is 3.91. The molecule has 0 aliphatic carbocycles. The van der Waals surface area contributed by atoms with E-state index >= 15 is 0 Å². The zero-order chi connectivity index (χ0) is 11.9. The van der Waals surface area contributed by atoms with Crippen LogP contribution < -0.4 is 0 Å². The van der Waals surface area contributed by atoms with Gasteiger partial charge < -0.3 is 0 Å². The van der Waals surface area contributed by atoms with E-state index in [1.165, 1.54) is 0 Å². The van der Waals surface area contributed by atoms with E-state index in [4.69, 9.17) is 11.6 Å². The molecule has 0 fully saturated rings. The van der Waals surface area contributed by atoms with Gasteiger partial charge in [-0.15, -0.1) is 0 Å². The molecule has 0 unspecified atom stereocenters. The van der Waals surface area contributed by atoms with Gasteiger partial charge in [-0.1, -0.05) is 60.1 Å². The molecule has 1 nitrogen and oxygen atoms in total. The number of hydrogen-bond donors (Lipinski definition) is 0. The van der Waals surface area contributed by atoms with Gasteiger partial charge in [0.25, 0.3) is 0 Å². The summed E-state index contributed by atoms with van der Waals surface area (Å²) in [5.41, 5.74) is 1.94. The van der Waals surface area contributed by atoms with Crippen molar-refractivity contribution in [2.24, 2.45) is 4.99 Å². The number of aliphatic imine (C=N–C) groups is 1. The first-order valence-corrected chi connectivity index (χ1v) is 5.74. The van der Waals surface area contributed by atoms with Crippen LogP contribution in [-0.4, -0.2) is 6.21 Å². The third-order valence-corrected chi connectivity index (χ3v) is 2.56. The minimum absolute atomic E-state index is 0.664. The van der Waals surface area contributed by atoms with Gasteiger partial charge >= 0.3 is 0 Å². The van der Waals surface area contributed by atoms with Crippen LogP contribution >= 0.6 is 11.6 Å². The van der Waals surface area contributed by atoms with E-state index in [9.17, 15) is 0 Å². The largest absolute Gasteiger partial charge is 0.255 e. The minimum atomic E-state index is 0.664. The number of rotatable bonds is 3. The third-order valence-electron chi connectivity index (χ3n) is 2.24. The first-order valence-electron chi connectivity index (χ1n) is 5.36. The molecule has 0 heterocycles. The van der Waals surface area contributed by atoms with Crippen molar-refractivity contribution < 1.29 is 0 Å². The van der Waals surface area contributed by atoms with Gasteiger partial charge in [0, 0.05) is 6.21 Å². The fourth-order valence-electron chi connectivity index (χ4n) is 1.40. The number of para-hydroxylation sites is 1. The van der Waals surface area contributed by atoms with Crippen molar-refractivity contribution in [1.82, 2.24) is 0 Å². The van der Waals surface area contributed by atoms with Crippen molar-refractivity contribution in [3.63, 3.8) is 0 Å². The molecule has 0 aliphatic heterocycles. The summed E-state index contributed by atoms with van der Waals surface area (Å²) >= 11 is 5.98. The van der Waals surface area contributed by atoms with Crippen LogP contribution in [0.3, 0.4) is 0 Å². The van der Waals surface area contributed by atoms with E-state index in [-0.39, 0.29) is 0 Å². The summed E-state index contributed by atoms with van der Waals surface area (Å²) in [6.45, 7) is 0. The van der Waals surface area contributed by atoms with Gasteiger partial charge in [-0.2, -0.15) is 0 Å². The van der Waals surface area contributed by atoms with Gasteiger partial charge in [0.1, 0.15) is 0 Å². The highest BCUT2D eigenvalue weighted by atomic mass is 35.5. The van der Waals surface area contributed by atoms with Crippen LogP contribution in [0, 0.1) is 0 Å². The zero-order valence-electron chi connectivity index (χ0n) is 9.25. The lowest BCUT2D eigenvalue weighted by molar-refractivity contribution is 1.54. The maximum absolute atomic E-state index is 5.98. The molecule has 0 aliphatic rings. The zero-order valence-corrected chi connectivity index (χ0v) is 10.0. The van der Waals surface area contributed by atoms with Crippen molar-refractivity contribution in [2.75, 3.05) is 0 Å². The number of halogens is 1. The summed E-state index contributed by atoms with van der Waals surface area (Å²) in [6.07, 6.45) is 5.65. The monoisotopic (exact) mass is 241 g/mol. The Kier molecular flexibility index (Phi) is 4.11. The standard InChI is InChI=1S/C15H12ClN/c16-14-10-4-5-11-15(14)17-12-6-9-13-7-2-1-3-8-13/h1-12H. The lowest BCUT2D eigenvalue weighted by Crippen LogP contribution is -1.71. The summed E-state index contributed by atoms with van der Waals surface area (Å²) in [5.74, 6) is 0. The predicted octanol–water partition coefficient (Wildman–Crippen LogP) is 4.76. The van der Waals surface area contributed by atoms with Crippen molar-refractivity contribution in [2.45, 2.75) is 0 Å². The van der Waals surface area contributed by atoms with Crippen LogP contribution in [0.5, 0.6) is 0 Å². The first-order chi connectivity index (χ1) is 8.36. The van der Waals surface area contributed by atoms with Gasteiger partial charge in [-0.3, -0.25) is 4.99 Å². The maximum atomic E-state index is 5.98. The minimum Gasteiger partial charge on any atom is -0.255 e. The van der Waals surface area contributed by atoms with E-state index in [0.717, 1.165) is 11.3 Å². The molecule has 0 aromatic heterocycles. The number of allylic oxidation sites excluding steroid dienone is 1. The summed E-state index contributed by atoms with van der Waals surface area (Å²) in [7, 11) is 0. The highest BCUT2D eigenvalue weighted by Gasteiger charge is 1.92. The molecule has 2 aromatic rings. The van der Waals surface area contributed by atoms with Crippen molar-refractivity contribution >= 4 is 29.6 Å². The van der Waals surface area contributed by atoms with E-state index in [2.05, 4.69) is 4.99 Å². The molecule has 0 atom stereocenters. The summed E-state index contributed by atoms with van der Waals surface area (Å²) in [4.78, 5) is 4.28. The second kappa shape index (κ2) is 6.02. The quantitative estimate of drug-likeness (QED) is 0.688. The average Bonchev–Trinajstić information content (AvgIpc) is 2.38. The van der Waals surface area contributed by atoms with E-state index in [1.54, 1.807) is 6.21 Å². The van der Waals surface area contributed by atoms with Gasteiger partial charge in [0.2, 0.25) is 0 Å². The van der Waals surface area contributed by atoms with Crippen molar-refractivity contribution in [1.29, 1.82) is 0 Å². The Morgan fingerprint density at radius 3 is 2.35 bits per heavy atom. The molecule has 0 saturated heterocycles. The molecule has 17 heavy (non-hydrogen) atoms. The lowest BCUT2D eigenvalue weighted by atomic mass is 10.2. The van der Waals surface area contributed by atoms with E-state index in [0.29, 0.717) is 5.02 Å². The Labute approximate surface area is 106 Å². The van der Waals surface area contributed by atoms with Crippen LogP contribution in [0.15, 0.2) is 65.7 Å². The fraction of sp³-hybridized carbons (Fsp3) is 0. The average molecular weight is 242 g/mol. The third kappa shape index (κ3) is 3.58. The molecule has 0 saturated carbocycles. The highest BCUT2D eigenvalue weighted by molar-refractivity contribution is 6.33. The highest BCUT2D eigenvalue weighted by Crippen LogP contribution is 2.22. The van der Waals surface area contributed by atoms with Gasteiger partial charge in [-0.25, -0.2) is 0 Å². The smallest absolute Gasteiger partial charge is 0.0815 e. The molecular weight excluding hydrogens is 230 g/mol. The SMILES string of the molecule is Clc1ccccc1N=CC=Cc1ccccc1. The topological polar surface area (TPSA) is 12.4 Å². The molecule has 0 N–H and O–H groups in total. The van der Waals surface area contributed by atoms with Crippen LogP contribution in [0.2, 0.25) is 5.02 Å². The number of nitrogens with zero attached hydrogens (tertiary/aromatic N) is 1. The Morgan fingerprint density at radius 2 is 1.59 bits per heavy atom. The predicted molar refractivity (Wildman–Crippen MR) is 75.1 cm³/mol. The molecule has 2 heteroatoms. The Bertz CT molecular complexity index is 530. The Balaban J connectivity index is 2.04. The maximum Gasteiger partial charge on any atom is 0.0815 e. The molecule has 2 rings (SSSR count).